The lowest BCUT2D eigenvalue weighted by atomic mass is 10.0. The molecule has 1 saturated heterocycles. The van der Waals surface area contributed by atoms with Gasteiger partial charge < -0.3 is 9.75 Å². The summed E-state index contributed by atoms with van der Waals surface area (Å²) in [7, 11) is 0. The van der Waals surface area contributed by atoms with Gasteiger partial charge in [0.05, 0.1) is 17.3 Å². The Morgan fingerprint density at radius 2 is 1.76 bits per heavy atom. The van der Waals surface area contributed by atoms with Crippen molar-refractivity contribution in [1.82, 2.24) is 5.01 Å². The maximum Gasteiger partial charge on any atom is 0.573 e. The van der Waals surface area contributed by atoms with E-state index in [1.54, 1.807) is 12.1 Å². The number of nitrogens with zero attached hydrogens (tertiary/aromatic N) is 3. The summed E-state index contributed by atoms with van der Waals surface area (Å²) in [6, 6.07) is 19.8. The first-order chi connectivity index (χ1) is 13.9. The van der Waals surface area contributed by atoms with E-state index in [1.165, 1.54) is 12.1 Å². The Balaban J connectivity index is 1.62. The SMILES string of the molecule is N#Cc1ccc(N2CCCN2Cc2cccc(OC(F)(F)F)c2)c2ccccc12. The molecule has 1 heterocycles. The first kappa shape index (κ1) is 19.1. The van der Waals surface area contributed by atoms with Crippen molar-refractivity contribution in [2.45, 2.75) is 19.3 Å². The van der Waals surface area contributed by atoms with Crippen molar-refractivity contribution < 1.29 is 17.9 Å². The van der Waals surface area contributed by atoms with Crippen LogP contribution in [0.25, 0.3) is 10.8 Å². The fourth-order valence-electron chi connectivity index (χ4n) is 3.76. The van der Waals surface area contributed by atoms with Gasteiger partial charge in [0.15, 0.2) is 0 Å². The molecular formula is C22H18F3N3O. The summed E-state index contributed by atoms with van der Waals surface area (Å²) in [5.74, 6) is -0.218. The Bertz CT molecular complexity index is 1070. The number of rotatable bonds is 4. The molecule has 4 rings (SSSR count). The molecule has 0 amide bonds. The third kappa shape index (κ3) is 4.13. The summed E-state index contributed by atoms with van der Waals surface area (Å²) in [4.78, 5) is 0. The molecule has 0 aromatic heterocycles. The van der Waals surface area contributed by atoms with Crippen LogP contribution >= 0.6 is 0 Å². The van der Waals surface area contributed by atoms with Crippen molar-refractivity contribution in [2.75, 3.05) is 18.1 Å². The first-order valence-electron chi connectivity index (χ1n) is 9.23. The van der Waals surface area contributed by atoms with Gasteiger partial charge in [0, 0.05) is 30.4 Å². The molecule has 0 N–H and O–H groups in total. The van der Waals surface area contributed by atoms with Gasteiger partial charge in [0.1, 0.15) is 5.75 Å². The zero-order chi connectivity index (χ0) is 20.4. The van der Waals surface area contributed by atoms with Crippen molar-refractivity contribution in [2.24, 2.45) is 0 Å². The number of nitriles is 1. The van der Waals surface area contributed by atoms with Crippen LogP contribution in [0.2, 0.25) is 0 Å². The molecular weight excluding hydrogens is 379 g/mol. The molecule has 0 bridgehead atoms. The molecule has 0 atom stereocenters. The molecule has 29 heavy (non-hydrogen) atoms. The molecule has 0 radical (unpaired) electrons. The fraction of sp³-hybridized carbons (Fsp3) is 0.227. The van der Waals surface area contributed by atoms with Crippen molar-refractivity contribution in [3.05, 3.63) is 71.8 Å². The van der Waals surface area contributed by atoms with Crippen LogP contribution in [0.5, 0.6) is 5.75 Å². The van der Waals surface area contributed by atoms with E-state index in [9.17, 15) is 18.4 Å². The van der Waals surface area contributed by atoms with Gasteiger partial charge in [-0.25, -0.2) is 5.01 Å². The van der Waals surface area contributed by atoms with Gasteiger partial charge in [-0.2, -0.15) is 5.26 Å². The summed E-state index contributed by atoms with van der Waals surface area (Å²) in [5, 5.41) is 15.5. The van der Waals surface area contributed by atoms with E-state index >= 15 is 0 Å². The highest BCUT2D eigenvalue weighted by Gasteiger charge is 2.31. The minimum absolute atomic E-state index is 0.218. The Morgan fingerprint density at radius 3 is 2.52 bits per heavy atom. The van der Waals surface area contributed by atoms with Crippen molar-refractivity contribution in [1.29, 1.82) is 5.26 Å². The monoisotopic (exact) mass is 397 g/mol. The van der Waals surface area contributed by atoms with Crippen LogP contribution in [-0.4, -0.2) is 24.5 Å². The standard InChI is InChI=1S/C22H18F3N3O/c23-22(24,25)29-18-6-3-5-16(13-18)15-27-11-4-12-28(27)21-10-9-17(14-26)19-7-1-2-8-20(19)21/h1-3,5-10,13H,4,11-12,15H2. The molecule has 3 aromatic carbocycles. The summed E-state index contributed by atoms with van der Waals surface area (Å²) in [5.41, 5.74) is 2.34. The molecule has 148 valence electrons. The van der Waals surface area contributed by atoms with Crippen LogP contribution in [0.15, 0.2) is 60.7 Å². The topological polar surface area (TPSA) is 39.5 Å². The maximum atomic E-state index is 12.5. The zero-order valence-electron chi connectivity index (χ0n) is 15.5. The van der Waals surface area contributed by atoms with E-state index in [1.807, 2.05) is 36.4 Å². The number of hydrogen-bond acceptors (Lipinski definition) is 4. The smallest absolute Gasteiger partial charge is 0.406 e. The van der Waals surface area contributed by atoms with Gasteiger partial charge in [0.2, 0.25) is 0 Å². The van der Waals surface area contributed by atoms with Crippen LogP contribution < -0.4 is 9.75 Å². The normalized spacial score (nSPS) is 14.9. The van der Waals surface area contributed by atoms with E-state index in [4.69, 9.17) is 0 Å². The lowest BCUT2D eigenvalue weighted by Gasteiger charge is -2.31. The summed E-state index contributed by atoms with van der Waals surface area (Å²) in [6.07, 6.45) is -3.77. The van der Waals surface area contributed by atoms with Crippen LogP contribution in [0.3, 0.4) is 0 Å². The quantitative estimate of drug-likeness (QED) is 0.604. The molecule has 4 nitrogen and oxygen atoms in total. The number of halogens is 3. The largest absolute Gasteiger partial charge is 0.573 e. The predicted octanol–water partition coefficient (Wildman–Crippen LogP) is 5.24. The van der Waals surface area contributed by atoms with Gasteiger partial charge in [0.25, 0.3) is 0 Å². The van der Waals surface area contributed by atoms with E-state index in [0.717, 1.165) is 41.5 Å². The number of alkyl halides is 3. The zero-order valence-corrected chi connectivity index (χ0v) is 15.5. The molecule has 0 spiro atoms. The molecule has 1 aliphatic heterocycles. The van der Waals surface area contributed by atoms with Gasteiger partial charge in [-0.3, -0.25) is 0 Å². The highest BCUT2D eigenvalue weighted by atomic mass is 19.4. The molecule has 0 aliphatic carbocycles. The van der Waals surface area contributed by atoms with Crippen LogP contribution in [0, 0.1) is 11.3 Å². The Labute approximate surface area is 166 Å². The number of fused-ring (bicyclic) bond motifs is 1. The average molecular weight is 397 g/mol. The molecule has 7 heteroatoms. The number of hydrazine groups is 1. The second-order valence-electron chi connectivity index (χ2n) is 6.85. The van der Waals surface area contributed by atoms with E-state index in [0.29, 0.717) is 12.1 Å². The fourth-order valence-corrected chi connectivity index (χ4v) is 3.76. The second kappa shape index (κ2) is 7.64. The summed E-state index contributed by atoms with van der Waals surface area (Å²) < 4.78 is 41.6. The average Bonchev–Trinajstić information content (AvgIpc) is 3.14. The summed E-state index contributed by atoms with van der Waals surface area (Å²) >= 11 is 0. The van der Waals surface area contributed by atoms with Gasteiger partial charge in [-0.15, -0.1) is 13.2 Å². The highest BCUT2D eigenvalue weighted by molar-refractivity contribution is 5.97. The molecule has 1 aliphatic rings. The van der Waals surface area contributed by atoms with Crippen LogP contribution in [0.1, 0.15) is 17.5 Å². The second-order valence-corrected chi connectivity index (χ2v) is 6.85. The van der Waals surface area contributed by atoms with Crippen molar-refractivity contribution in [3.8, 4) is 11.8 Å². The highest BCUT2D eigenvalue weighted by Crippen LogP contribution is 2.33. The molecule has 0 unspecified atom stereocenters. The Kier molecular flexibility index (Phi) is 5.03. The third-order valence-electron chi connectivity index (χ3n) is 4.92. The summed E-state index contributed by atoms with van der Waals surface area (Å²) in [6.45, 7) is 2.05. The van der Waals surface area contributed by atoms with E-state index in [2.05, 4.69) is 20.8 Å². The number of hydrogen-bond donors (Lipinski definition) is 0. The molecule has 3 aromatic rings. The van der Waals surface area contributed by atoms with Gasteiger partial charge in [-0.1, -0.05) is 36.4 Å². The molecule has 0 saturated carbocycles. The minimum Gasteiger partial charge on any atom is -0.406 e. The van der Waals surface area contributed by atoms with E-state index < -0.39 is 6.36 Å². The lowest BCUT2D eigenvalue weighted by Crippen LogP contribution is -2.36. The van der Waals surface area contributed by atoms with Crippen LogP contribution in [-0.2, 0) is 6.54 Å². The van der Waals surface area contributed by atoms with Crippen molar-refractivity contribution >= 4 is 16.5 Å². The van der Waals surface area contributed by atoms with Crippen LogP contribution in [0.4, 0.5) is 18.9 Å². The third-order valence-corrected chi connectivity index (χ3v) is 4.92. The maximum absolute atomic E-state index is 12.5. The first-order valence-corrected chi connectivity index (χ1v) is 9.23. The van der Waals surface area contributed by atoms with Gasteiger partial charge >= 0.3 is 6.36 Å². The Hall–Kier alpha value is -3.24. The number of ether oxygens (including phenoxy) is 1. The lowest BCUT2D eigenvalue weighted by molar-refractivity contribution is -0.274. The molecule has 1 fully saturated rings. The number of anilines is 1. The van der Waals surface area contributed by atoms with E-state index in [-0.39, 0.29) is 5.75 Å². The van der Waals surface area contributed by atoms with Crippen molar-refractivity contribution in [3.63, 3.8) is 0 Å². The minimum atomic E-state index is -4.71. The van der Waals surface area contributed by atoms with Gasteiger partial charge in [-0.05, 0) is 36.2 Å². The number of benzene rings is 3. The predicted molar refractivity (Wildman–Crippen MR) is 104 cm³/mol. The Morgan fingerprint density at radius 1 is 0.966 bits per heavy atom.